The maximum atomic E-state index is 12.1. The van der Waals surface area contributed by atoms with Crippen molar-refractivity contribution >= 4 is 34.2 Å². The average molecular weight is 369 g/mol. The molecule has 0 bridgehead atoms. The van der Waals surface area contributed by atoms with Crippen LogP contribution in [-0.2, 0) is 4.79 Å². The van der Waals surface area contributed by atoms with Crippen LogP contribution in [-0.4, -0.2) is 29.0 Å². The van der Waals surface area contributed by atoms with Crippen LogP contribution in [0.15, 0.2) is 42.5 Å². The van der Waals surface area contributed by atoms with Gasteiger partial charge in [-0.05, 0) is 68.2 Å². The molecule has 1 aromatic heterocycles. The summed E-state index contributed by atoms with van der Waals surface area (Å²) in [5.74, 6) is 1.46. The van der Waals surface area contributed by atoms with E-state index in [-0.39, 0.29) is 5.91 Å². The summed E-state index contributed by atoms with van der Waals surface area (Å²) in [6.07, 6.45) is 2.68. The van der Waals surface area contributed by atoms with Crippen molar-refractivity contribution in [2.24, 2.45) is 5.92 Å². The van der Waals surface area contributed by atoms with E-state index in [9.17, 15) is 4.79 Å². The number of hydrogen-bond acceptors (Lipinski definition) is 3. The number of nitrogens with zero attached hydrogens (tertiary/aromatic N) is 1. The van der Waals surface area contributed by atoms with Gasteiger partial charge in [0.1, 0.15) is 11.3 Å². The molecule has 3 aromatic rings. The van der Waals surface area contributed by atoms with Gasteiger partial charge >= 0.3 is 0 Å². The van der Waals surface area contributed by atoms with Crippen LogP contribution in [0.2, 0.25) is 5.02 Å². The summed E-state index contributed by atoms with van der Waals surface area (Å²) in [4.78, 5) is 20.0. The summed E-state index contributed by atoms with van der Waals surface area (Å²) in [6, 6.07) is 13.4. The van der Waals surface area contributed by atoms with Gasteiger partial charge in [0.05, 0.1) is 10.5 Å². The predicted molar refractivity (Wildman–Crippen MR) is 105 cm³/mol. The number of aromatic amines is 1. The van der Waals surface area contributed by atoms with E-state index >= 15 is 0 Å². The summed E-state index contributed by atoms with van der Waals surface area (Å²) in [7, 11) is 0. The summed E-state index contributed by atoms with van der Waals surface area (Å²) in [6.45, 7) is 2.10. The van der Waals surface area contributed by atoms with E-state index in [1.807, 2.05) is 42.5 Å². The first kappa shape index (κ1) is 17.1. The van der Waals surface area contributed by atoms with Gasteiger partial charge in [-0.2, -0.15) is 0 Å². The second-order valence-electron chi connectivity index (χ2n) is 6.74. The largest absolute Gasteiger partial charge is 0.338 e. The monoisotopic (exact) mass is 368 g/mol. The van der Waals surface area contributed by atoms with Crippen molar-refractivity contribution in [1.82, 2.24) is 15.3 Å². The third kappa shape index (κ3) is 3.74. The molecule has 5 nitrogen and oxygen atoms in total. The van der Waals surface area contributed by atoms with Gasteiger partial charge in [0, 0.05) is 17.7 Å². The molecule has 6 heteroatoms. The molecular formula is C20H21ClN4O. The van der Waals surface area contributed by atoms with E-state index in [0.717, 1.165) is 47.6 Å². The number of anilines is 1. The van der Waals surface area contributed by atoms with E-state index in [1.54, 1.807) is 0 Å². The highest BCUT2D eigenvalue weighted by atomic mass is 35.5. The number of H-pyrrole nitrogens is 1. The van der Waals surface area contributed by atoms with Gasteiger partial charge in [0.15, 0.2) is 0 Å². The molecular weight excluding hydrogens is 348 g/mol. The standard InChI is InChI=1S/C20H21ClN4O/c21-16-2-1-3-17-19(16)25-20(24-17)14-5-7-15(8-6-14)23-18(26)9-4-13-10-11-22-12-13/h1-3,5-8,13,22H,4,9-12H2,(H,23,26)(H,24,25). The average Bonchev–Trinajstić information content (AvgIpc) is 3.31. The molecule has 0 aliphatic carbocycles. The molecule has 1 aliphatic rings. The number of para-hydroxylation sites is 1. The normalized spacial score (nSPS) is 16.9. The number of rotatable bonds is 5. The van der Waals surface area contributed by atoms with Gasteiger partial charge in [-0.3, -0.25) is 4.79 Å². The Labute approximate surface area is 157 Å². The number of amides is 1. The number of fused-ring (bicyclic) bond motifs is 1. The molecule has 1 amide bonds. The van der Waals surface area contributed by atoms with E-state index in [1.165, 1.54) is 6.42 Å². The first-order valence-corrected chi connectivity index (χ1v) is 9.32. The Morgan fingerprint density at radius 2 is 2.08 bits per heavy atom. The van der Waals surface area contributed by atoms with Crippen LogP contribution in [0.4, 0.5) is 5.69 Å². The number of carbonyl (C=O) groups is 1. The molecule has 134 valence electrons. The summed E-state index contributed by atoms with van der Waals surface area (Å²) in [5, 5.41) is 6.93. The Hall–Kier alpha value is -2.37. The van der Waals surface area contributed by atoms with Crippen molar-refractivity contribution in [1.29, 1.82) is 0 Å². The lowest BCUT2D eigenvalue weighted by molar-refractivity contribution is -0.116. The second kappa shape index (κ2) is 7.48. The van der Waals surface area contributed by atoms with Gasteiger partial charge in [0.2, 0.25) is 5.91 Å². The third-order valence-electron chi connectivity index (χ3n) is 4.85. The second-order valence-corrected chi connectivity index (χ2v) is 7.15. The third-order valence-corrected chi connectivity index (χ3v) is 5.15. The highest BCUT2D eigenvalue weighted by Crippen LogP contribution is 2.26. The van der Waals surface area contributed by atoms with Crippen LogP contribution >= 0.6 is 11.6 Å². The fourth-order valence-corrected chi connectivity index (χ4v) is 3.58. The SMILES string of the molecule is O=C(CCC1CCNC1)Nc1ccc(-c2nc3c(Cl)cccc3[nH]2)cc1. The number of nitrogens with one attached hydrogen (secondary N) is 3. The fraction of sp³-hybridized carbons (Fsp3) is 0.300. The van der Waals surface area contributed by atoms with E-state index < -0.39 is 0 Å². The highest BCUT2D eigenvalue weighted by molar-refractivity contribution is 6.35. The summed E-state index contributed by atoms with van der Waals surface area (Å²) in [5.41, 5.74) is 3.43. The van der Waals surface area contributed by atoms with Gasteiger partial charge in [-0.1, -0.05) is 17.7 Å². The number of aromatic nitrogens is 2. The maximum Gasteiger partial charge on any atom is 0.224 e. The van der Waals surface area contributed by atoms with Crippen molar-refractivity contribution in [3.8, 4) is 11.4 Å². The van der Waals surface area contributed by atoms with Gasteiger partial charge in [-0.25, -0.2) is 4.98 Å². The van der Waals surface area contributed by atoms with E-state index in [0.29, 0.717) is 17.4 Å². The molecule has 1 atom stereocenters. The van der Waals surface area contributed by atoms with Crippen LogP contribution in [0, 0.1) is 5.92 Å². The zero-order chi connectivity index (χ0) is 17.9. The Morgan fingerprint density at radius 3 is 2.81 bits per heavy atom. The quantitative estimate of drug-likeness (QED) is 0.631. The zero-order valence-corrected chi connectivity index (χ0v) is 15.1. The van der Waals surface area contributed by atoms with Crippen molar-refractivity contribution in [3.63, 3.8) is 0 Å². The predicted octanol–water partition coefficient (Wildman–Crippen LogP) is 4.21. The minimum Gasteiger partial charge on any atom is -0.338 e. The minimum atomic E-state index is 0.0696. The molecule has 3 N–H and O–H groups in total. The van der Waals surface area contributed by atoms with Crippen LogP contribution in [0.25, 0.3) is 22.4 Å². The van der Waals surface area contributed by atoms with Gasteiger partial charge in [-0.15, -0.1) is 0 Å². The molecule has 1 unspecified atom stereocenters. The number of hydrogen-bond donors (Lipinski definition) is 3. The maximum absolute atomic E-state index is 12.1. The minimum absolute atomic E-state index is 0.0696. The number of halogens is 1. The molecule has 0 spiro atoms. The van der Waals surface area contributed by atoms with E-state index in [2.05, 4.69) is 20.6 Å². The smallest absolute Gasteiger partial charge is 0.224 e. The number of benzene rings is 2. The Balaban J connectivity index is 1.41. The molecule has 1 fully saturated rings. The lowest BCUT2D eigenvalue weighted by atomic mass is 10.0. The lowest BCUT2D eigenvalue weighted by Crippen LogP contribution is -2.14. The van der Waals surface area contributed by atoms with Crippen molar-refractivity contribution in [3.05, 3.63) is 47.5 Å². The van der Waals surface area contributed by atoms with Crippen molar-refractivity contribution in [2.75, 3.05) is 18.4 Å². The molecule has 2 heterocycles. The summed E-state index contributed by atoms with van der Waals surface area (Å²) >= 11 is 6.18. The lowest BCUT2D eigenvalue weighted by Gasteiger charge is -2.09. The topological polar surface area (TPSA) is 69.8 Å². The zero-order valence-electron chi connectivity index (χ0n) is 14.4. The van der Waals surface area contributed by atoms with Crippen LogP contribution in [0.3, 0.4) is 0 Å². The first-order valence-electron chi connectivity index (χ1n) is 8.94. The molecule has 4 rings (SSSR count). The Kier molecular flexibility index (Phi) is 4.91. The van der Waals surface area contributed by atoms with Crippen molar-refractivity contribution in [2.45, 2.75) is 19.3 Å². The molecule has 0 saturated carbocycles. The van der Waals surface area contributed by atoms with Crippen LogP contribution in [0.5, 0.6) is 0 Å². The van der Waals surface area contributed by atoms with E-state index in [4.69, 9.17) is 11.6 Å². The number of imidazole rings is 1. The van der Waals surface area contributed by atoms with Gasteiger partial charge < -0.3 is 15.6 Å². The van der Waals surface area contributed by atoms with Crippen molar-refractivity contribution < 1.29 is 4.79 Å². The number of carbonyl (C=O) groups excluding carboxylic acids is 1. The van der Waals surface area contributed by atoms with Crippen LogP contribution in [0.1, 0.15) is 19.3 Å². The summed E-state index contributed by atoms with van der Waals surface area (Å²) < 4.78 is 0. The first-order chi connectivity index (χ1) is 12.7. The molecule has 2 aromatic carbocycles. The molecule has 1 saturated heterocycles. The fourth-order valence-electron chi connectivity index (χ4n) is 3.36. The molecule has 1 aliphatic heterocycles. The highest BCUT2D eigenvalue weighted by Gasteiger charge is 2.15. The Bertz CT molecular complexity index is 913. The van der Waals surface area contributed by atoms with Gasteiger partial charge in [0.25, 0.3) is 0 Å². The Morgan fingerprint density at radius 1 is 1.23 bits per heavy atom. The molecule has 26 heavy (non-hydrogen) atoms. The molecule has 0 radical (unpaired) electrons. The van der Waals surface area contributed by atoms with Crippen LogP contribution < -0.4 is 10.6 Å².